The predicted molar refractivity (Wildman–Crippen MR) is 73.9 cm³/mol. The van der Waals surface area contributed by atoms with Crippen LogP contribution < -0.4 is 4.74 Å². The first-order valence-electron chi connectivity index (χ1n) is 5.94. The summed E-state index contributed by atoms with van der Waals surface area (Å²) in [4.78, 5) is 11.3. The number of hydrogen-bond donors (Lipinski definition) is 1. The zero-order valence-electron chi connectivity index (χ0n) is 10.9. The lowest BCUT2D eigenvalue weighted by Crippen LogP contribution is -2.08. The quantitative estimate of drug-likeness (QED) is 0.526. The number of carbonyl (C=O) groups excluding carboxylic acids is 1. The third-order valence-electron chi connectivity index (χ3n) is 2.68. The lowest BCUT2D eigenvalue weighted by molar-refractivity contribution is -0.130. The molecule has 0 saturated carbocycles. The number of carbonyl (C=O) groups is 1. The summed E-state index contributed by atoms with van der Waals surface area (Å²) in [5.41, 5.74) is 1.23. The maximum atomic E-state index is 14.0. The van der Waals surface area contributed by atoms with E-state index in [0.717, 1.165) is 6.07 Å². The molecule has 0 aliphatic rings. The summed E-state index contributed by atoms with van der Waals surface area (Å²) in [5.74, 6) is -0.872. The Balaban J connectivity index is 2.28. The smallest absolute Gasteiger partial charge is 0.338 e. The van der Waals surface area contributed by atoms with Crippen molar-refractivity contribution in [2.24, 2.45) is 0 Å². The van der Waals surface area contributed by atoms with Crippen molar-refractivity contribution in [1.82, 2.24) is 0 Å². The maximum Gasteiger partial charge on any atom is 0.338 e. The van der Waals surface area contributed by atoms with Crippen LogP contribution in [0.2, 0.25) is 0 Å². The Hall–Kier alpha value is -2.62. The zero-order chi connectivity index (χ0) is 14.7. The van der Waals surface area contributed by atoms with Gasteiger partial charge in [0.25, 0.3) is 0 Å². The Morgan fingerprint density at radius 3 is 2.40 bits per heavy atom. The Morgan fingerprint density at radius 2 is 1.85 bits per heavy atom. The van der Waals surface area contributed by atoms with Gasteiger partial charge in [-0.3, -0.25) is 0 Å². The second-order valence-electron chi connectivity index (χ2n) is 4.36. The Kier molecular flexibility index (Phi) is 3.84. The number of phenols is 1. The fourth-order valence-corrected chi connectivity index (χ4v) is 1.63. The van der Waals surface area contributed by atoms with Crippen molar-refractivity contribution in [1.29, 1.82) is 0 Å². The lowest BCUT2D eigenvalue weighted by atomic mass is 10.0. The number of ether oxygens (including phenoxy) is 1. The van der Waals surface area contributed by atoms with Crippen LogP contribution in [0.25, 0.3) is 11.1 Å². The van der Waals surface area contributed by atoms with Gasteiger partial charge in [0.15, 0.2) is 0 Å². The predicted octanol–water partition coefficient (Wildman–Crippen LogP) is 3.68. The largest absolute Gasteiger partial charge is 0.508 e. The highest BCUT2D eigenvalue weighted by Crippen LogP contribution is 2.27. The molecular weight excluding hydrogens is 259 g/mol. The number of halogens is 1. The van der Waals surface area contributed by atoms with Gasteiger partial charge in [-0.1, -0.05) is 18.7 Å². The van der Waals surface area contributed by atoms with Crippen molar-refractivity contribution in [2.45, 2.75) is 6.92 Å². The second-order valence-corrected chi connectivity index (χ2v) is 4.36. The van der Waals surface area contributed by atoms with E-state index in [1.54, 1.807) is 12.1 Å². The molecule has 0 aliphatic heterocycles. The normalized spacial score (nSPS) is 10.1. The first kappa shape index (κ1) is 13.8. The second kappa shape index (κ2) is 5.57. The zero-order valence-corrected chi connectivity index (χ0v) is 10.9. The summed E-state index contributed by atoms with van der Waals surface area (Å²) in [6.07, 6.45) is 0. The van der Waals surface area contributed by atoms with Crippen molar-refractivity contribution in [3.8, 4) is 22.6 Å². The SMILES string of the molecule is C=C(C)C(=O)Oc1ccc(-c2ccc(O)cc2)c(F)c1. The summed E-state index contributed by atoms with van der Waals surface area (Å²) >= 11 is 0. The van der Waals surface area contributed by atoms with E-state index >= 15 is 0 Å². The minimum absolute atomic E-state index is 0.112. The molecule has 0 aromatic heterocycles. The molecule has 4 heteroatoms. The van der Waals surface area contributed by atoms with Crippen molar-refractivity contribution >= 4 is 5.97 Å². The van der Waals surface area contributed by atoms with E-state index in [9.17, 15) is 14.3 Å². The van der Waals surface area contributed by atoms with Crippen molar-refractivity contribution in [3.05, 3.63) is 60.4 Å². The molecule has 1 N–H and O–H groups in total. The highest BCUT2D eigenvalue weighted by molar-refractivity contribution is 5.88. The fourth-order valence-electron chi connectivity index (χ4n) is 1.63. The fraction of sp³-hybridized carbons (Fsp3) is 0.0625. The molecule has 2 aromatic carbocycles. The maximum absolute atomic E-state index is 14.0. The standard InChI is InChI=1S/C16H13FO3/c1-10(2)16(19)20-13-7-8-14(15(17)9-13)11-3-5-12(18)6-4-11/h3-9,18H,1H2,2H3. The van der Waals surface area contributed by atoms with Gasteiger partial charge >= 0.3 is 5.97 Å². The van der Waals surface area contributed by atoms with Gasteiger partial charge < -0.3 is 9.84 Å². The van der Waals surface area contributed by atoms with Crippen LogP contribution in [0.5, 0.6) is 11.5 Å². The highest BCUT2D eigenvalue weighted by Gasteiger charge is 2.10. The first-order chi connectivity index (χ1) is 9.47. The molecule has 0 unspecified atom stereocenters. The molecule has 0 spiro atoms. The number of phenolic OH excluding ortho intramolecular Hbond substituents is 1. The number of rotatable bonds is 3. The summed E-state index contributed by atoms with van der Waals surface area (Å²) in [6, 6.07) is 10.3. The third kappa shape index (κ3) is 3.03. The van der Waals surface area contributed by atoms with E-state index in [1.165, 1.54) is 31.2 Å². The number of hydrogen-bond acceptors (Lipinski definition) is 3. The van der Waals surface area contributed by atoms with E-state index in [1.807, 2.05) is 0 Å². The van der Waals surface area contributed by atoms with Gasteiger partial charge in [-0.25, -0.2) is 9.18 Å². The molecule has 0 heterocycles. The van der Waals surface area contributed by atoms with Crippen molar-refractivity contribution < 1.29 is 19.0 Å². The van der Waals surface area contributed by atoms with Gasteiger partial charge in [0.1, 0.15) is 17.3 Å². The summed E-state index contributed by atoms with van der Waals surface area (Å²) in [5, 5.41) is 9.21. The van der Waals surface area contributed by atoms with E-state index in [0.29, 0.717) is 11.1 Å². The molecule has 0 amide bonds. The van der Waals surface area contributed by atoms with E-state index in [-0.39, 0.29) is 17.1 Å². The summed E-state index contributed by atoms with van der Waals surface area (Å²) < 4.78 is 19.0. The minimum Gasteiger partial charge on any atom is -0.508 e. The molecule has 0 bridgehead atoms. The third-order valence-corrected chi connectivity index (χ3v) is 2.68. The molecule has 2 rings (SSSR count). The topological polar surface area (TPSA) is 46.5 Å². The molecule has 0 fully saturated rings. The van der Waals surface area contributed by atoms with E-state index < -0.39 is 11.8 Å². The van der Waals surface area contributed by atoms with E-state index in [2.05, 4.69) is 6.58 Å². The van der Waals surface area contributed by atoms with Crippen LogP contribution in [0.3, 0.4) is 0 Å². The average Bonchev–Trinajstić information content (AvgIpc) is 2.40. The van der Waals surface area contributed by atoms with Crippen LogP contribution in [0.4, 0.5) is 4.39 Å². The summed E-state index contributed by atoms with van der Waals surface area (Å²) in [6.45, 7) is 4.97. The molecule has 0 aliphatic carbocycles. The Morgan fingerprint density at radius 1 is 1.20 bits per heavy atom. The van der Waals surface area contributed by atoms with E-state index in [4.69, 9.17) is 4.74 Å². The van der Waals surface area contributed by atoms with Crippen LogP contribution in [0, 0.1) is 5.82 Å². The van der Waals surface area contributed by atoms with Gasteiger partial charge in [0.05, 0.1) is 0 Å². The monoisotopic (exact) mass is 272 g/mol. The molecule has 2 aromatic rings. The molecular formula is C16H13FO3. The van der Waals surface area contributed by atoms with Crippen LogP contribution in [-0.2, 0) is 4.79 Å². The van der Waals surface area contributed by atoms with Crippen LogP contribution in [0.15, 0.2) is 54.6 Å². The first-order valence-corrected chi connectivity index (χ1v) is 5.94. The molecule has 102 valence electrons. The number of benzene rings is 2. The average molecular weight is 272 g/mol. The van der Waals surface area contributed by atoms with Gasteiger partial charge in [0, 0.05) is 17.2 Å². The van der Waals surface area contributed by atoms with Gasteiger partial charge in [-0.2, -0.15) is 0 Å². The minimum atomic E-state index is -0.596. The number of esters is 1. The summed E-state index contributed by atoms with van der Waals surface area (Å²) in [7, 11) is 0. The van der Waals surface area contributed by atoms with Crippen molar-refractivity contribution in [3.63, 3.8) is 0 Å². The molecule has 20 heavy (non-hydrogen) atoms. The molecule has 3 nitrogen and oxygen atoms in total. The molecule has 0 saturated heterocycles. The Labute approximate surface area is 115 Å². The van der Waals surface area contributed by atoms with Crippen LogP contribution >= 0.6 is 0 Å². The van der Waals surface area contributed by atoms with Gasteiger partial charge in [-0.05, 0) is 36.8 Å². The highest BCUT2D eigenvalue weighted by atomic mass is 19.1. The molecule has 0 radical (unpaired) electrons. The Bertz CT molecular complexity index is 660. The number of aromatic hydroxyl groups is 1. The molecule has 0 atom stereocenters. The lowest BCUT2D eigenvalue weighted by Gasteiger charge is -2.07. The van der Waals surface area contributed by atoms with Crippen LogP contribution in [-0.4, -0.2) is 11.1 Å². The van der Waals surface area contributed by atoms with Crippen molar-refractivity contribution in [2.75, 3.05) is 0 Å². The van der Waals surface area contributed by atoms with Crippen LogP contribution in [0.1, 0.15) is 6.92 Å². The van der Waals surface area contributed by atoms with Gasteiger partial charge in [0.2, 0.25) is 0 Å². The van der Waals surface area contributed by atoms with Gasteiger partial charge in [-0.15, -0.1) is 0 Å².